The number of hydrazine groups is 1. The van der Waals surface area contributed by atoms with Crippen molar-refractivity contribution in [2.45, 2.75) is 50.2 Å². The van der Waals surface area contributed by atoms with Gasteiger partial charge in [0.25, 0.3) is 0 Å². The van der Waals surface area contributed by atoms with Crippen LogP contribution in [0.2, 0.25) is 0 Å². The second kappa shape index (κ2) is 11.5. The van der Waals surface area contributed by atoms with Crippen molar-refractivity contribution in [1.29, 1.82) is 0 Å². The highest BCUT2D eigenvalue weighted by Crippen LogP contribution is 2.35. The summed E-state index contributed by atoms with van der Waals surface area (Å²) < 4.78 is 11.7. The van der Waals surface area contributed by atoms with E-state index in [1.807, 2.05) is 11.0 Å². The molecule has 13 heteroatoms. The molecule has 6 unspecified atom stereocenters. The number of benzene rings is 1. The summed E-state index contributed by atoms with van der Waals surface area (Å²) in [6, 6.07) is 6.24. The largest absolute Gasteiger partial charge is 0.495 e. The van der Waals surface area contributed by atoms with Crippen molar-refractivity contribution >= 4 is 23.2 Å². The molecule has 6 heterocycles. The summed E-state index contributed by atoms with van der Waals surface area (Å²) in [5, 5.41) is 18.3. The van der Waals surface area contributed by atoms with Crippen LogP contribution in [0.1, 0.15) is 19.3 Å². The Kier molecular flexibility index (Phi) is 7.60. The summed E-state index contributed by atoms with van der Waals surface area (Å²) in [6.45, 7) is 5.51. The molecular weight excluding hydrogens is 538 g/mol. The maximum atomic E-state index is 13.7. The van der Waals surface area contributed by atoms with Crippen molar-refractivity contribution in [3.63, 3.8) is 0 Å². The van der Waals surface area contributed by atoms with E-state index < -0.39 is 0 Å². The Morgan fingerprint density at radius 3 is 2.74 bits per heavy atom. The fourth-order valence-electron chi connectivity index (χ4n) is 7.12. The van der Waals surface area contributed by atoms with Crippen LogP contribution in [-0.2, 0) is 14.3 Å². The number of likely N-dealkylation sites (N-methyl/N-ethyl adjacent to an activating group) is 1. The number of rotatable bonds is 4. The number of nitrogens with zero attached hydrogens (tertiary/aromatic N) is 5. The number of piperidine rings is 1. The number of hydrogen-bond acceptors (Lipinski definition) is 11. The standard InChI is InChI=1S/C29H41N9O4/c1-34-12-14-35(15-13-34)21-7-6-19(16-23(21)41-2)31-29-30-17-20-26(33-29)38-24-9-8-22-27(32-24)36(25(39)18-42-22)10-4-3-5-11-37(38)28(20)40/h6-7,16,20,22,24,26-27,29-33H,4,8-15,17-18H2,1-2H3. The molecule has 0 aliphatic carbocycles. The molecule has 5 fully saturated rings. The summed E-state index contributed by atoms with van der Waals surface area (Å²) in [6.07, 6.45) is 1.22. The Morgan fingerprint density at radius 1 is 1.05 bits per heavy atom. The lowest BCUT2D eigenvalue weighted by Crippen LogP contribution is -2.72. The van der Waals surface area contributed by atoms with Gasteiger partial charge in [0, 0.05) is 57.4 Å². The SMILES string of the molecule is COc1cc(NC2NCC3C(=O)N4CC#CCCN5C(=O)COC6CCC(NC65)N4C3N2)ccc1N1CCN(C)CC1. The summed E-state index contributed by atoms with van der Waals surface area (Å²) in [7, 11) is 3.87. The van der Waals surface area contributed by atoms with Gasteiger partial charge in [-0.25, -0.2) is 0 Å². The monoisotopic (exact) mass is 579 g/mol. The minimum atomic E-state index is -0.269. The molecular formula is C29H41N9O4. The van der Waals surface area contributed by atoms with E-state index in [0.717, 1.165) is 56.1 Å². The molecule has 2 amide bonds. The lowest BCUT2D eigenvalue weighted by Gasteiger charge is -2.50. The highest BCUT2D eigenvalue weighted by atomic mass is 16.5. The van der Waals surface area contributed by atoms with Crippen LogP contribution in [0.25, 0.3) is 0 Å². The first-order valence-electron chi connectivity index (χ1n) is 15.1. The molecule has 5 saturated heterocycles. The van der Waals surface area contributed by atoms with E-state index in [2.05, 4.69) is 67.1 Å². The van der Waals surface area contributed by atoms with E-state index >= 15 is 0 Å². The molecule has 13 nitrogen and oxygen atoms in total. The van der Waals surface area contributed by atoms with Crippen molar-refractivity contribution in [2.75, 3.05) is 76.8 Å². The number of amides is 2. The number of ether oxygens (including phenoxy) is 2. The van der Waals surface area contributed by atoms with Crippen LogP contribution < -0.4 is 30.9 Å². The van der Waals surface area contributed by atoms with Crippen LogP contribution in [0, 0.1) is 17.8 Å². The van der Waals surface area contributed by atoms with Gasteiger partial charge >= 0.3 is 0 Å². The Labute approximate surface area is 246 Å². The van der Waals surface area contributed by atoms with Crippen LogP contribution in [0.5, 0.6) is 5.75 Å². The first-order valence-corrected chi connectivity index (χ1v) is 15.1. The number of anilines is 2. The van der Waals surface area contributed by atoms with Crippen molar-refractivity contribution in [1.82, 2.24) is 35.8 Å². The first kappa shape index (κ1) is 27.7. The van der Waals surface area contributed by atoms with Gasteiger partial charge in [-0.15, -0.1) is 0 Å². The lowest BCUT2D eigenvalue weighted by molar-refractivity contribution is -0.175. The number of carbonyl (C=O) groups excluding carboxylic acids is 2. The van der Waals surface area contributed by atoms with E-state index in [-0.39, 0.29) is 55.2 Å². The lowest BCUT2D eigenvalue weighted by atomic mass is 9.99. The minimum Gasteiger partial charge on any atom is -0.495 e. The number of piperazine rings is 1. The van der Waals surface area contributed by atoms with Crippen LogP contribution in [0.15, 0.2) is 18.2 Å². The number of morpholine rings is 1. The zero-order chi connectivity index (χ0) is 28.8. The Hall–Kier alpha value is -3.12. The van der Waals surface area contributed by atoms with Gasteiger partial charge in [0.2, 0.25) is 11.8 Å². The second-order valence-electron chi connectivity index (χ2n) is 11.9. The predicted octanol–water partition coefficient (Wildman–Crippen LogP) is -0.993. The highest BCUT2D eigenvalue weighted by molar-refractivity contribution is 5.82. The van der Waals surface area contributed by atoms with E-state index in [1.54, 1.807) is 12.1 Å². The maximum Gasteiger partial charge on any atom is 0.249 e. The van der Waals surface area contributed by atoms with Crippen molar-refractivity contribution in [3.8, 4) is 17.6 Å². The Bertz CT molecular complexity index is 1260. The number of methoxy groups -OCH3 is 1. The van der Waals surface area contributed by atoms with Gasteiger partial charge < -0.3 is 29.5 Å². The normalized spacial score (nSPS) is 33.7. The van der Waals surface area contributed by atoms with Crippen molar-refractivity contribution < 1.29 is 19.1 Å². The van der Waals surface area contributed by atoms with Gasteiger partial charge in [0.05, 0.1) is 43.7 Å². The fourth-order valence-corrected chi connectivity index (χ4v) is 7.12. The Balaban J connectivity index is 1.10. The zero-order valence-electron chi connectivity index (χ0n) is 24.3. The van der Waals surface area contributed by atoms with Gasteiger partial charge in [-0.05, 0) is 32.0 Å². The van der Waals surface area contributed by atoms with Crippen molar-refractivity contribution in [3.05, 3.63) is 18.2 Å². The average molecular weight is 580 g/mol. The number of hydrogen-bond donors (Lipinski definition) is 4. The highest BCUT2D eigenvalue weighted by Gasteiger charge is 2.53. The maximum absolute atomic E-state index is 13.7. The van der Waals surface area contributed by atoms with E-state index in [9.17, 15) is 9.59 Å². The molecule has 226 valence electrons. The predicted molar refractivity (Wildman–Crippen MR) is 156 cm³/mol. The number of carbonyl (C=O) groups is 2. The number of nitrogens with one attached hydrogen (secondary N) is 4. The second-order valence-corrected chi connectivity index (χ2v) is 11.9. The van der Waals surface area contributed by atoms with E-state index in [4.69, 9.17) is 9.47 Å². The summed E-state index contributed by atoms with van der Waals surface area (Å²) in [5.74, 6) is 6.99. The molecule has 0 radical (unpaired) electrons. The average Bonchev–Trinajstić information content (AvgIpc) is 3.26. The summed E-state index contributed by atoms with van der Waals surface area (Å²) in [4.78, 5) is 33.0. The molecule has 1 aromatic rings. The summed E-state index contributed by atoms with van der Waals surface area (Å²) in [5.41, 5.74) is 2.02. The molecule has 0 aromatic heterocycles. The topological polar surface area (TPSA) is 117 Å². The van der Waals surface area contributed by atoms with Crippen LogP contribution in [0.4, 0.5) is 11.4 Å². The minimum absolute atomic E-state index is 0.0176. The van der Waals surface area contributed by atoms with Gasteiger partial charge in [-0.3, -0.25) is 30.5 Å². The fraction of sp³-hybridized carbons (Fsp3) is 0.655. The zero-order valence-corrected chi connectivity index (χ0v) is 24.3. The molecule has 0 spiro atoms. The van der Waals surface area contributed by atoms with Crippen LogP contribution >= 0.6 is 0 Å². The molecule has 42 heavy (non-hydrogen) atoms. The van der Waals surface area contributed by atoms with Gasteiger partial charge in [-0.2, -0.15) is 5.01 Å². The third-order valence-electron chi connectivity index (χ3n) is 9.40. The van der Waals surface area contributed by atoms with Gasteiger partial charge in [-0.1, -0.05) is 11.8 Å². The molecule has 6 atom stereocenters. The number of fused-ring (bicyclic) bond motifs is 5. The quantitative estimate of drug-likeness (QED) is 0.330. The van der Waals surface area contributed by atoms with Gasteiger partial charge in [0.1, 0.15) is 24.8 Å². The third-order valence-corrected chi connectivity index (χ3v) is 9.40. The summed E-state index contributed by atoms with van der Waals surface area (Å²) >= 11 is 0. The molecule has 2 bridgehead atoms. The van der Waals surface area contributed by atoms with E-state index in [1.165, 1.54) is 0 Å². The smallest absolute Gasteiger partial charge is 0.249 e. The van der Waals surface area contributed by atoms with E-state index in [0.29, 0.717) is 26.1 Å². The molecule has 6 aliphatic heterocycles. The molecule has 6 aliphatic rings. The molecule has 0 saturated carbocycles. The van der Waals surface area contributed by atoms with Crippen molar-refractivity contribution in [2.24, 2.45) is 5.92 Å². The van der Waals surface area contributed by atoms with Crippen LogP contribution in [0.3, 0.4) is 0 Å². The van der Waals surface area contributed by atoms with Crippen LogP contribution in [-0.4, -0.2) is 129 Å². The molecule has 1 aromatic carbocycles. The third kappa shape index (κ3) is 5.06. The molecule has 7 rings (SSSR count). The van der Waals surface area contributed by atoms with Gasteiger partial charge in [0.15, 0.2) is 0 Å². The first-order chi connectivity index (χ1) is 20.5. The Morgan fingerprint density at radius 2 is 1.90 bits per heavy atom. The molecule has 4 N–H and O–H groups in total.